The third-order valence-electron chi connectivity index (χ3n) is 3.96. The van der Waals surface area contributed by atoms with Gasteiger partial charge in [-0.15, -0.1) is 10.2 Å². The smallest absolute Gasteiger partial charge is 0.300 e. The molecular weight excluding hydrogens is 399 g/mol. The molecule has 0 unspecified atom stereocenters. The highest BCUT2D eigenvalue weighted by molar-refractivity contribution is 7.18. The lowest BCUT2D eigenvalue weighted by Gasteiger charge is -2.00. The van der Waals surface area contributed by atoms with E-state index in [1.54, 1.807) is 12.1 Å². The Morgan fingerprint density at radius 1 is 1.25 bits per heavy atom. The largest absolute Gasteiger partial charge is 0.329 e. The van der Waals surface area contributed by atoms with Gasteiger partial charge in [0.15, 0.2) is 0 Å². The number of H-pyrrole nitrogens is 1. The second-order valence-electron chi connectivity index (χ2n) is 5.89. The predicted octanol–water partition coefficient (Wildman–Crippen LogP) is 0.177. The molecule has 2 N–H and O–H groups in total. The van der Waals surface area contributed by atoms with E-state index < -0.39 is 11.2 Å². The molecule has 1 aromatic carbocycles. The highest BCUT2D eigenvalue weighted by Gasteiger charge is 2.18. The Hall–Kier alpha value is -3.12. The average Bonchev–Trinajstić information content (AvgIpc) is 3.28. The summed E-state index contributed by atoms with van der Waals surface area (Å²) in [4.78, 5) is 38.7. The van der Waals surface area contributed by atoms with Gasteiger partial charge >= 0.3 is 5.69 Å². The highest BCUT2D eigenvalue weighted by atomic mass is 32.1. The van der Waals surface area contributed by atoms with Crippen molar-refractivity contribution in [3.05, 3.63) is 50.8 Å². The third kappa shape index (κ3) is 3.39. The number of rotatable bonds is 4. The van der Waals surface area contributed by atoms with Gasteiger partial charge in [0.25, 0.3) is 5.56 Å². The van der Waals surface area contributed by atoms with Gasteiger partial charge in [-0.2, -0.15) is 4.37 Å². The molecule has 0 saturated carbocycles. The lowest BCUT2D eigenvalue weighted by atomic mass is 9.95. The maximum absolute atomic E-state index is 12.4. The van der Waals surface area contributed by atoms with E-state index >= 15 is 0 Å². The van der Waals surface area contributed by atoms with E-state index in [2.05, 4.69) is 24.9 Å². The van der Waals surface area contributed by atoms with Crippen LogP contribution >= 0.6 is 22.9 Å². The van der Waals surface area contributed by atoms with Crippen LogP contribution in [0.1, 0.15) is 5.69 Å². The summed E-state index contributed by atoms with van der Waals surface area (Å²) in [5.74, 6) is -0.388. The maximum Gasteiger partial charge on any atom is 0.329 e. The molecule has 0 aliphatic rings. The van der Waals surface area contributed by atoms with Gasteiger partial charge in [0, 0.05) is 12.6 Å². The Labute approximate surface area is 166 Å². The number of aryl methyl sites for hydroxylation is 1. The molecule has 0 saturated heterocycles. The van der Waals surface area contributed by atoms with Crippen molar-refractivity contribution in [3.8, 4) is 10.6 Å². The minimum Gasteiger partial charge on any atom is -0.300 e. The molecule has 1 amide bonds. The van der Waals surface area contributed by atoms with E-state index in [-0.39, 0.29) is 17.7 Å². The standard InChI is InChI=1S/C16H11BN6O3S2/c1-23-14-11(12(25)19-16(23)26)9(22-28-14)6-10(24)18-15-21-20-13(27-15)7-2-4-8(17)5-3-7/h2-5H,6H2,1H3,(H,18,21,24)(H,19,25,26). The summed E-state index contributed by atoms with van der Waals surface area (Å²) in [5.41, 5.74) is 0.699. The Kier molecular flexibility index (Phi) is 4.65. The summed E-state index contributed by atoms with van der Waals surface area (Å²) >= 11 is 2.21. The van der Waals surface area contributed by atoms with Gasteiger partial charge in [-0.3, -0.25) is 19.1 Å². The zero-order valence-electron chi connectivity index (χ0n) is 14.4. The molecule has 4 aromatic rings. The maximum atomic E-state index is 12.4. The van der Waals surface area contributed by atoms with Crippen molar-refractivity contribution in [2.45, 2.75) is 6.42 Å². The van der Waals surface area contributed by atoms with E-state index in [0.717, 1.165) is 17.1 Å². The summed E-state index contributed by atoms with van der Waals surface area (Å²) in [6, 6.07) is 7.15. The lowest BCUT2D eigenvalue weighted by Crippen LogP contribution is -2.28. The molecule has 0 aliphatic heterocycles. The van der Waals surface area contributed by atoms with Gasteiger partial charge in [0.2, 0.25) is 11.0 Å². The fourth-order valence-electron chi connectivity index (χ4n) is 2.56. The summed E-state index contributed by atoms with van der Waals surface area (Å²) < 4.78 is 5.45. The number of carbonyl (C=O) groups excluding carboxylic acids is 1. The van der Waals surface area contributed by atoms with Crippen LogP contribution in [0.4, 0.5) is 5.13 Å². The van der Waals surface area contributed by atoms with Crippen LogP contribution < -0.4 is 22.0 Å². The number of hydrogen-bond donors (Lipinski definition) is 2. The number of amides is 1. The highest BCUT2D eigenvalue weighted by Crippen LogP contribution is 2.26. The molecule has 4 rings (SSSR count). The number of anilines is 1. The number of benzene rings is 1. The van der Waals surface area contributed by atoms with Crippen molar-refractivity contribution in [1.29, 1.82) is 0 Å². The Bertz CT molecular complexity index is 1300. The van der Waals surface area contributed by atoms with Crippen LogP contribution in [0, 0.1) is 0 Å². The molecule has 0 fully saturated rings. The molecule has 0 atom stereocenters. The van der Waals surface area contributed by atoms with Crippen LogP contribution in [-0.2, 0) is 18.3 Å². The summed E-state index contributed by atoms with van der Waals surface area (Å²) in [7, 11) is 7.20. The molecule has 0 aliphatic carbocycles. The SMILES string of the molecule is [B]c1ccc(-c2nnc(NC(=O)Cc3nsc4c3c(=O)[nH]c(=O)n4C)s2)cc1. The number of aromatic amines is 1. The molecular formula is C16H11BN6O3S2. The lowest BCUT2D eigenvalue weighted by molar-refractivity contribution is -0.115. The molecule has 28 heavy (non-hydrogen) atoms. The minimum absolute atomic E-state index is 0.127. The average molecular weight is 410 g/mol. The number of carbonyl (C=O) groups is 1. The van der Waals surface area contributed by atoms with Gasteiger partial charge in [-0.1, -0.05) is 41.1 Å². The van der Waals surface area contributed by atoms with Crippen molar-refractivity contribution < 1.29 is 4.79 Å². The van der Waals surface area contributed by atoms with Crippen molar-refractivity contribution >= 4 is 57.4 Å². The van der Waals surface area contributed by atoms with E-state index in [0.29, 0.717) is 26.1 Å². The first kappa shape index (κ1) is 18.3. The topological polar surface area (TPSA) is 123 Å². The van der Waals surface area contributed by atoms with Crippen LogP contribution in [0.25, 0.3) is 20.8 Å². The van der Waals surface area contributed by atoms with Crippen molar-refractivity contribution in [3.63, 3.8) is 0 Å². The van der Waals surface area contributed by atoms with Crippen LogP contribution in [0.5, 0.6) is 0 Å². The number of nitrogens with zero attached hydrogens (tertiary/aromatic N) is 4. The van der Waals surface area contributed by atoms with Crippen molar-refractivity contribution in [1.82, 2.24) is 24.1 Å². The van der Waals surface area contributed by atoms with E-state index in [1.165, 1.54) is 23.0 Å². The second-order valence-corrected chi connectivity index (χ2v) is 7.62. The first-order chi connectivity index (χ1) is 13.4. The van der Waals surface area contributed by atoms with Crippen LogP contribution in [0.3, 0.4) is 0 Å². The summed E-state index contributed by atoms with van der Waals surface area (Å²) in [6.07, 6.45) is -0.127. The number of aromatic nitrogens is 5. The van der Waals surface area contributed by atoms with Gasteiger partial charge in [0.1, 0.15) is 17.7 Å². The van der Waals surface area contributed by atoms with Crippen LogP contribution in [-0.4, -0.2) is 37.9 Å². The quantitative estimate of drug-likeness (QED) is 0.463. The third-order valence-corrected chi connectivity index (χ3v) is 5.81. The summed E-state index contributed by atoms with van der Waals surface area (Å²) in [5, 5.41) is 11.9. The van der Waals surface area contributed by atoms with Gasteiger partial charge in [0.05, 0.1) is 17.5 Å². The van der Waals surface area contributed by atoms with E-state index in [4.69, 9.17) is 7.85 Å². The fraction of sp³-hybridized carbons (Fsp3) is 0.125. The number of hydrogen-bond acceptors (Lipinski definition) is 8. The zero-order valence-corrected chi connectivity index (χ0v) is 16.1. The first-order valence-corrected chi connectivity index (χ1v) is 9.58. The Balaban J connectivity index is 1.54. The monoisotopic (exact) mass is 410 g/mol. The van der Waals surface area contributed by atoms with Gasteiger partial charge in [-0.05, 0) is 11.5 Å². The molecule has 9 nitrogen and oxygen atoms in total. The minimum atomic E-state index is -0.559. The molecule has 2 radical (unpaired) electrons. The fourth-order valence-corrected chi connectivity index (χ4v) is 4.18. The normalized spacial score (nSPS) is 11.0. The molecule has 3 aromatic heterocycles. The van der Waals surface area contributed by atoms with E-state index in [1.807, 2.05) is 12.1 Å². The van der Waals surface area contributed by atoms with E-state index in [9.17, 15) is 14.4 Å². The Morgan fingerprint density at radius 2 is 2.00 bits per heavy atom. The van der Waals surface area contributed by atoms with Gasteiger partial charge in [-0.25, -0.2) is 4.79 Å². The second kappa shape index (κ2) is 7.13. The van der Waals surface area contributed by atoms with Crippen molar-refractivity contribution in [2.75, 3.05) is 5.32 Å². The number of fused-ring (bicyclic) bond motifs is 1. The van der Waals surface area contributed by atoms with Crippen LogP contribution in [0.2, 0.25) is 0 Å². The summed E-state index contributed by atoms with van der Waals surface area (Å²) in [6.45, 7) is 0. The first-order valence-electron chi connectivity index (χ1n) is 7.99. The predicted molar refractivity (Wildman–Crippen MR) is 109 cm³/mol. The molecule has 3 heterocycles. The molecule has 12 heteroatoms. The molecule has 0 spiro atoms. The zero-order chi connectivity index (χ0) is 19.8. The Morgan fingerprint density at radius 3 is 2.75 bits per heavy atom. The molecule has 138 valence electrons. The van der Waals surface area contributed by atoms with Crippen molar-refractivity contribution in [2.24, 2.45) is 7.05 Å². The number of nitrogens with one attached hydrogen (secondary N) is 2. The van der Waals surface area contributed by atoms with Gasteiger partial charge < -0.3 is 5.32 Å². The molecule has 0 bridgehead atoms. The van der Waals surface area contributed by atoms with Crippen LogP contribution in [0.15, 0.2) is 33.9 Å².